The molecule has 12 nitrogen and oxygen atoms in total. The third-order valence-corrected chi connectivity index (χ3v) is 8.77. The van der Waals surface area contributed by atoms with E-state index < -0.39 is 28.3 Å². The topological polar surface area (TPSA) is 166 Å². The Hall–Kier alpha value is -3.62. The van der Waals surface area contributed by atoms with Crippen molar-refractivity contribution >= 4 is 54.2 Å². The van der Waals surface area contributed by atoms with Crippen LogP contribution in [0.15, 0.2) is 46.4 Å². The average molecular weight is 547 g/mol. The standard InChI is InChI=1S/C23H22N4O8S2/c28-19(29)12-34-18-8-7-17-22(25-18)36-23(24-17)26-21(30)20(27-35-14-9-10-33-11-14)13-1-3-15(4-2-13)37(31,32)16-5-6-16/h1-4,7-8,14,16H,5-6,9-12H2,(H,28,29)(H,24,26,30)/t14-/m1/s1. The van der Waals surface area contributed by atoms with Crippen molar-refractivity contribution in [2.45, 2.75) is 35.5 Å². The number of ether oxygens (including phenoxy) is 2. The minimum absolute atomic E-state index is 0.0556. The molecule has 3 heterocycles. The van der Waals surface area contributed by atoms with E-state index >= 15 is 0 Å². The van der Waals surface area contributed by atoms with E-state index in [1.54, 1.807) is 6.07 Å². The zero-order chi connectivity index (χ0) is 26.0. The van der Waals surface area contributed by atoms with Gasteiger partial charge in [0.05, 0.1) is 23.4 Å². The summed E-state index contributed by atoms with van der Waals surface area (Å²) < 4.78 is 35.4. The lowest BCUT2D eigenvalue weighted by molar-refractivity contribution is -0.139. The molecular weight excluding hydrogens is 524 g/mol. The molecule has 1 amide bonds. The summed E-state index contributed by atoms with van der Waals surface area (Å²) in [6.07, 6.45) is 1.64. The lowest BCUT2D eigenvalue weighted by Gasteiger charge is -2.10. The van der Waals surface area contributed by atoms with Gasteiger partial charge in [-0.2, -0.15) is 0 Å². The minimum atomic E-state index is -3.38. The van der Waals surface area contributed by atoms with E-state index in [9.17, 15) is 18.0 Å². The Morgan fingerprint density at radius 3 is 2.59 bits per heavy atom. The van der Waals surface area contributed by atoms with Gasteiger partial charge in [0.25, 0.3) is 5.91 Å². The number of sulfone groups is 1. The molecule has 2 fully saturated rings. The fourth-order valence-electron chi connectivity index (χ4n) is 3.55. The van der Waals surface area contributed by atoms with Gasteiger partial charge in [-0.1, -0.05) is 28.6 Å². The zero-order valence-electron chi connectivity index (χ0n) is 19.3. The number of amides is 1. The smallest absolute Gasteiger partial charge is 0.341 e. The van der Waals surface area contributed by atoms with Gasteiger partial charge in [-0.25, -0.2) is 23.2 Å². The van der Waals surface area contributed by atoms with Crippen molar-refractivity contribution in [2.75, 3.05) is 25.1 Å². The predicted octanol–water partition coefficient (Wildman–Crippen LogP) is 2.24. The van der Waals surface area contributed by atoms with Crippen LogP contribution in [0.3, 0.4) is 0 Å². The van der Waals surface area contributed by atoms with Crippen LogP contribution in [0, 0.1) is 0 Å². The van der Waals surface area contributed by atoms with Crippen LogP contribution < -0.4 is 10.1 Å². The van der Waals surface area contributed by atoms with Crippen molar-refractivity contribution in [1.82, 2.24) is 9.97 Å². The lowest BCUT2D eigenvalue weighted by atomic mass is 10.1. The van der Waals surface area contributed by atoms with E-state index in [1.807, 2.05) is 0 Å². The second-order valence-corrected chi connectivity index (χ2v) is 11.6. The number of nitrogens with zero attached hydrogens (tertiary/aromatic N) is 3. The molecule has 0 radical (unpaired) electrons. The molecule has 2 N–H and O–H groups in total. The number of pyridine rings is 1. The van der Waals surface area contributed by atoms with E-state index in [0.717, 1.165) is 11.3 Å². The highest BCUT2D eigenvalue weighted by Crippen LogP contribution is 2.33. The molecule has 14 heteroatoms. The number of hydrogen-bond donors (Lipinski definition) is 2. The molecule has 2 aromatic heterocycles. The maximum Gasteiger partial charge on any atom is 0.341 e. The SMILES string of the molecule is O=C(O)COc1ccc2nc(NC(=O)C(=NO[C@@H]3CCOC3)c3ccc(S(=O)(=O)C4CC4)cc3)sc2n1. The molecule has 1 aromatic carbocycles. The normalized spacial score (nSPS) is 18.1. The highest BCUT2D eigenvalue weighted by molar-refractivity contribution is 7.92. The van der Waals surface area contributed by atoms with E-state index in [0.29, 0.717) is 48.4 Å². The summed E-state index contributed by atoms with van der Waals surface area (Å²) in [7, 11) is -3.38. The molecule has 2 aliphatic rings. The summed E-state index contributed by atoms with van der Waals surface area (Å²) >= 11 is 1.07. The van der Waals surface area contributed by atoms with Crippen molar-refractivity contribution < 1.29 is 37.4 Å². The largest absolute Gasteiger partial charge is 0.479 e. The third-order valence-electron chi connectivity index (χ3n) is 5.61. The number of thiazole rings is 1. The molecule has 1 saturated carbocycles. The number of carbonyl (C=O) groups excluding carboxylic acids is 1. The van der Waals surface area contributed by atoms with Gasteiger partial charge in [-0.3, -0.25) is 10.1 Å². The minimum Gasteiger partial charge on any atom is -0.479 e. The predicted molar refractivity (Wildman–Crippen MR) is 133 cm³/mol. The summed E-state index contributed by atoms with van der Waals surface area (Å²) in [6, 6.07) is 9.05. The van der Waals surface area contributed by atoms with Crippen molar-refractivity contribution in [2.24, 2.45) is 5.16 Å². The maximum atomic E-state index is 13.2. The van der Waals surface area contributed by atoms with Crippen LogP contribution in [0.2, 0.25) is 0 Å². The summed E-state index contributed by atoms with van der Waals surface area (Å²) in [4.78, 5) is 38.6. The number of carboxylic acid groups (broad SMARTS) is 1. The molecule has 1 atom stereocenters. The molecule has 5 rings (SSSR count). The average Bonchev–Trinajstić information content (AvgIpc) is 3.48. The van der Waals surface area contributed by atoms with Crippen LogP contribution in [0.1, 0.15) is 24.8 Å². The first-order valence-electron chi connectivity index (χ1n) is 11.4. The molecule has 1 saturated heterocycles. The molecule has 0 unspecified atom stereocenters. The van der Waals surface area contributed by atoms with Gasteiger partial charge in [0, 0.05) is 18.1 Å². The number of carboxylic acids is 1. The number of aliphatic carboxylic acids is 1. The lowest BCUT2D eigenvalue weighted by Crippen LogP contribution is -2.25. The molecule has 1 aliphatic heterocycles. The summed E-state index contributed by atoms with van der Waals surface area (Å²) in [5.41, 5.74) is 0.796. The van der Waals surface area contributed by atoms with Gasteiger partial charge in [-0.05, 0) is 31.0 Å². The first kappa shape index (κ1) is 25.0. The Morgan fingerprint density at radius 2 is 1.92 bits per heavy atom. The fraction of sp³-hybridized carbons (Fsp3) is 0.348. The van der Waals surface area contributed by atoms with Crippen LogP contribution in [0.4, 0.5) is 5.13 Å². The number of fused-ring (bicyclic) bond motifs is 1. The van der Waals surface area contributed by atoms with Crippen molar-refractivity contribution in [1.29, 1.82) is 0 Å². The molecule has 0 spiro atoms. The first-order valence-corrected chi connectivity index (χ1v) is 13.8. The molecule has 1 aliphatic carbocycles. The molecule has 3 aromatic rings. The van der Waals surface area contributed by atoms with E-state index in [2.05, 4.69) is 20.4 Å². The van der Waals surface area contributed by atoms with E-state index in [4.69, 9.17) is 19.4 Å². The Morgan fingerprint density at radius 1 is 1.14 bits per heavy atom. The van der Waals surface area contributed by atoms with Crippen molar-refractivity contribution in [3.05, 3.63) is 42.0 Å². The Kier molecular flexibility index (Phi) is 7.04. The number of benzene rings is 1. The van der Waals surface area contributed by atoms with Crippen LogP contribution in [-0.2, 0) is 29.0 Å². The second-order valence-electron chi connectivity index (χ2n) is 8.43. The fourth-order valence-corrected chi connectivity index (χ4v) is 6.03. The molecular formula is C23H22N4O8S2. The number of oxime groups is 1. The quantitative estimate of drug-likeness (QED) is 0.284. The summed E-state index contributed by atoms with van der Waals surface area (Å²) in [5, 5.41) is 15.4. The summed E-state index contributed by atoms with van der Waals surface area (Å²) in [5.74, 6) is -1.62. The number of rotatable bonds is 10. The van der Waals surface area contributed by atoms with Gasteiger partial charge in [0.1, 0.15) is 10.3 Å². The monoisotopic (exact) mass is 546 g/mol. The molecule has 37 heavy (non-hydrogen) atoms. The number of hydrogen-bond acceptors (Lipinski definition) is 11. The highest BCUT2D eigenvalue weighted by Gasteiger charge is 2.36. The number of carbonyl (C=O) groups is 2. The van der Waals surface area contributed by atoms with Gasteiger partial charge in [0.15, 0.2) is 33.4 Å². The summed E-state index contributed by atoms with van der Waals surface area (Å²) in [6.45, 7) is 0.354. The van der Waals surface area contributed by atoms with Gasteiger partial charge < -0.3 is 19.4 Å². The van der Waals surface area contributed by atoms with Crippen LogP contribution in [0.25, 0.3) is 10.3 Å². The Labute approximate surface area is 215 Å². The Balaban J connectivity index is 1.37. The van der Waals surface area contributed by atoms with Crippen molar-refractivity contribution in [3.63, 3.8) is 0 Å². The Bertz CT molecular complexity index is 1460. The van der Waals surface area contributed by atoms with Gasteiger partial charge in [0.2, 0.25) is 5.88 Å². The van der Waals surface area contributed by atoms with Gasteiger partial charge >= 0.3 is 5.97 Å². The number of anilines is 1. The number of aromatic nitrogens is 2. The zero-order valence-corrected chi connectivity index (χ0v) is 21.0. The second kappa shape index (κ2) is 10.4. The van der Waals surface area contributed by atoms with Crippen LogP contribution in [0.5, 0.6) is 5.88 Å². The highest BCUT2D eigenvalue weighted by atomic mass is 32.2. The van der Waals surface area contributed by atoms with E-state index in [-0.39, 0.29) is 33.0 Å². The number of nitrogens with one attached hydrogen (secondary N) is 1. The van der Waals surface area contributed by atoms with Crippen LogP contribution >= 0.6 is 11.3 Å². The van der Waals surface area contributed by atoms with E-state index in [1.165, 1.54) is 30.3 Å². The molecule has 194 valence electrons. The van der Waals surface area contributed by atoms with Gasteiger partial charge in [-0.15, -0.1) is 0 Å². The van der Waals surface area contributed by atoms with Crippen LogP contribution in [-0.4, -0.2) is 72.3 Å². The maximum absolute atomic E-state index is 13.2. The third kappa shape index (κ3) is 5.87. The first-order chi connectivity index (χ1) is 17.8. The van der Waals surface area contributed by atoms with Crippen molar-refractivity contribution in [3.8, 4) is 5.88 Å². The molecule has 0 bridgehead atoms.